The van der Waals surface area contributed by atoms with Gasteiger partial charge in [-0.05, 0) is 12.1 Å². The van der Waals surface area contributed by atoms with Crippen molar-refractivity contribution in [1.29, 1.82) is 0 Å². The van der Waals surface area contributed by atoms with Crippen LogP contribution in [0.15, 0.2) is 24.3 Å². The predicted molar refractivity (Wildman–Crippen MR) is 51.3 cm³/mol. The quantitative estimate of drug-likeness (QED) is 0.577. The van der Waals surface area contributed by atoms with Gasteiger partial charge in [0.05, 0.1) is 6.61 Å². The molecule has 0 radical (unpaired) electrons. The van der Waals surface area contributed by atoms with E-state index in [0.717, 1.165) is 11.5 Å². The summed E-state index contributed by atoms with van der Waals surface area (Å²) in [6.45, 7) is 0.446. The van der Waals surface area contributed by atoms with Crippen molar-refractivity contribution >= 4 is 20.2 Å². The molecule has 70 valence electrons. The van der Waals surface area contributed by atoms with E-state index in [2.05, 4.69) is 0 Å². The van der Waals surface area contributed by atoms with Crippen molar-refractivity contribution in [2.24, 2.45) is 0 Å². The molecule has 0 unspecified atom stereocenters. The minimum atomic E-state index is -1.26. The van der Waals surface area contributed by atoms with E-state index in [9.17, 15) is 0 Å². The maximum absolute atomic E-state index is 5.47. The number of hydrogen-bond donors (Lipinski definition) is 0. The molecule has 1 aromatic rings. The minimum absolute atomic E-state index is 0.446. The molecule has 2 rings (SSSR count). The first-order valence-electron chi connectivity index (χ1n) is 3.84. The lowest BCUT2D eigenvalue weighted by Crippen LogP contribution is -1.95. The molecule has 0 aromatic heterocycles. The van der Waals surface area contributed by atoms with Crippen molar-refractivity contribution in [3.8, 4) is 11.5 Å². The number of rotatable bonds is 3. The monoisotopic (exact) mass is 218 g/mol. The van der Waals surface area contributed by atoms with Crippen molar-refractivity contribution < 1.29 is 13.6 Å². The van der Waals surface area contributed by atoms with Crippen LogP contribution in [-0.4, -0.2) is 12.5 Å². The Morgan fingerprint density at radius 1 is 1.23 bits per heavy atom. The molecule has 0 amide bonds. The summed E-state index contributed by atoms with van der Waals surface area (Å²) in [6.07, 6.45) is 0. The van der Waals surface area contributed by atoms with Gasteiger partial charge in [0, 0.05) is 5.88 Å². The van der Waals surface area contributed by atoms with Crippen LogP contribution in [0.4, 0.5) is 0 Å². The van der Waals surface area contributed by atoms with E-state index in [1.54, 1.807) is 0 Å². The van der Waals surface area contributed by atoms with E-state index in [0.29, 0.717) is 12.5 Å². The van der Waals surface area contributed by atoms with Crippen LogP contribution in [0.5, 0.6) is 11.5 Å². The molecule has 0 spiro atoms. The predicted octanol–water partition coefficient (Wildman–Crippen LogP) is 2.94. The molecule has 3 nitrogen and oxygen atoms in total. The third kappa shape index (κ3) is 2.05. The number of alkyl halides is 1. The Kier molecular flexibility index (Phi) is 2.89. The van der Waals surface area contributed by atoms with Gasteiger partial charge >= 0.3 is 8.60 Å². The second kappa shape index (κ2) is 4.14. The maximum Gasteiger partial charge on any atom is 0.463 e. The summed E-state index contributed by atoms with van der Waals surface area (Å²) in [7, 11) is -1.26. The van der Waals surface area contributed by atoms with Crippen LogP contribution >= 0.6 is 20.2 Å². The highest BCUT2D eigenvalue weighted by Crippen LogP contribution is 2.52. The first-order chi connectivity index (χ1) is 6.40. The average Bonchev–Trinajstić information content (AvgIpc) is 2.57. The molecule has 1 aliphatic heterocycles. The number of para-hydroxylation sites is 2. The Hall–Kier alpha value is -0.500. The first kappa shape index (κ1) is 9.07. The van der Waals surface area contributed by atoms with Crippen LogP contribution in [-0.2, 0) is 4.52 Å². The number of fused-ring (bicyclic) bond motifs is 1. The molecule has 5 heteroatoms. The van der Waals surface area contributed by atoms with Crippen LogP contribution in [0.2, 0.25) is 0 Å². The smallest absolute Gasteiger partial charge is 0.414 e. The van der Waals surface area contributed by atoms with Gasteiger partial charge in [-0.1, -0.05) is 12.1 Å². The topological polar surface area (TPSA) is 27.7 Å². The minimum Gasteiger partial charge on any atom is -0.414 e. The second-order valence-corrected chi connectivity index (χ2v) is 3.82. The lowest BCUT2D eigenvalue weighted by Gasteiger charge is -2.05. The van der Waals surface area contributed by atoms with E-state index in [1.807, 2.05) is 24.3 Å². The molecule has 0 saturated carbocycles. The number of hydrogen-bond acceptors (Lipinski definition) is 3. The van der Waals surface area contributed by atoms with Gasteiger partial charge in [0.1, 0.15) is 0 Å². The highest BCUT2D eigenvalue weighted by molar-refractivity contribution is 7.43. The first-order valence-corrected chi connectivity index (χ1v) is 5.47. The molecule has 0 aliphatic carbocycles. The van der Waals surface area contributed by atoms with Gasteiger partial charge in [-0.3, -0.25) is 4.52 Å². The fourth-order valence-electron chi connectivity index (χ4n) is 0.942. The van der Waals surface area contributed by atoms with Crippen molar-refractivity contribution in [3.05, 3.63) is 24.3 Å². The zero-order valence-electron chi connectivity index (χ0n) is 6.77. The van der Waals surface area contributed by atoms with E-state index in [-0.39, 0.29) is 0 Å². The fraction of sp³-hybridized carbons (Fsp3) is 0.250. The van der Waals surface area contributed by atoms with Gasteiger partial charge in [0.25, 0.3) is 0 Å². The molecule has 0 atom stereocenters. The van der Waals surface area contributed by atoms with Crippen molar-refractivity contribution in [1.82, 2.24) is 0 Å². The molecule has 0 N–H and O–H groups in total. The van der Waals surface area contributed by atoms with Crippen molar-refractivity contribution in [2.75, 3.05) is 12.5 Å². The molecule has 13 heavy (non-hydrogen) atoms. The maximum atomic E-state index is 5.47. The van der Waals surface area contributed by atoms with E-state index in [4.69, 9.17) is 25.2 Å². The van der Waals surface area contributed by atoms with Crippen LogP contribution in [0.1, 0.15) is 0 Å². The second-order valence-electron chi connectivity index (χ2n) is 2.38. The zero-order chi connectivity index (χ0) is 9.10. The van der Waals surface area contributed by atoms with Gasteiger partial charge in [-0.15, -0.1) is 11.6 Å². The molecule has 1 aromatic carbocycles. The van der Waals surface area contributed by atoms with Crippen LogP contribution in [0.3, 0.4) is 0 Å². The van der Waals surface area contributed by atoms with Crippen molar-refractivity contribution in [2.45, 2.75) is 0 Å². The van der Waals surface area contributed by atoms with Gasteiger partial charge in [-0.25, -0.2) is 0 Å². The summed E-state index contributed by atoms with van der Waals surface area (Å²) in [5.41, 5.74) is 0. The summed E-state index contributed by atoms with van der Waals surface area (Å²) in [4.78, 5) is 0. The summed E-state index contributed by atoms with van der Waals surface area (Å²) in [5, 5.41) is 0. The Bertz CT molecular complexity index is 269. The van der Waals surface area contributed by atoms with Crippen LogP contribution < -0.4 is 9.05 Å². The largest absolute Gasteiger partial charge is 0.463 e. The number of benzene rings is 1. The van der Waals surface area contributed by atoms with Crippen molar-refractivity contribution in [3.63, 3.8) is 0 Å². The van der Waals surface area contributed by atoms with E-state index in [1.165, 1.54) is 0 Å². The zero-order valence-corrected chi connectivity index (χ0v) is 8.42. The van der Waals surface area contributed by atoms with Gasteiger partial charge in [-0.2, -0.15) is 0 Å². The lowest BCUT2D eigenvalue weighted by molar-refractivity contribution is 0.302. The Balaban J connectivity index is 1.97. The van der Waals surface area contributed by atoms with Crippen LogP contribution in [0, 0.1) is 0 Å². The molecule has 0 bridgehead atoms. The average molecular weight is 219 g/mol. The summed E-state index contributed by atoms with van der Waals surface area (Å²) in [6, 6.07) is 7.48. The molecular formula is C8H8ClO3P. The van der Waals surface area contributed by atoms with Crippen LogP contribution in [0.25, 0.3) is 0 Å². The normalized spacial score (nSPS) is 14.8. The van der Waals surface area contributed by atoms with E-state index >= 15 is 0 Å². The Morgan fingerprint density at radius 3 is 2.38 bits per heavy atom. The highest BCUT2D eigenvalue weighted by Gasteiger charge is 2.26. The Morgan fingerprint density at radius 2 is 1.85 bits per heavy atom. The van der Waals surface area contributed by atoms with E-state index < -0.39 is 8.60 Å². The summed E-state index contributed by atoms with van der Waals surface area (Å²) in [5.74, 6) is 1.92. The summed E-state index contributed by atoms with van der Waals surface area (Å²) >= 11 is 5.47. The lowest BCUT2D eigenvalue weighted by atomic mass is 10.3. The molecule has 0 fully saturated rings. The number of halogens is 1. The molecular weight excluding hydrogens is 211 g/mol. The molecule has 0 saturated heterocycles. The molecule has 1 heterocycles. The Labute approximate surface area is 82.6 Å². The SMILES string of the molecule is ClCCOP1Oc2ccccc2O1. The van der Waals surface area contributed by atoms with Gasteiger partial charge < -0.3 is 9.05 Å². The molecule has 1 aliphatic rings. The summed E-state index contributed by atoms with van der Waals surface area (Å²) < 4.78 is 16.0. The third-order valence-corrected chi connectivity index (χ3v) is 2.71. The standard InChI is InChI=1S/C8H8ClO3P/c9-5-6-10-13-11-7-3-1-2-4-8(7)12-13/h1-4H,5-6H2. The third-order valence-electron chi connectivity index (χ3n) is 1.47. The van der Waals surface area contributed by atoms with Gasteiger partial charge in [0.2, 0.25) is 0 Å². The fourth-order valence-corrected chi connectivity index (χ4v) is 2.13. The highest BCUT2D eigenvalue weighted by atomic mass is 35.5. The van der Waals surface area contributed by atoms with Gasteiger partial charge in [0.15, 0.2) is 11.5 Å².